The molecule has 30 heavy (non-hydrogen) atoms. The van der Waals surface area contributed by atoms with E-state index >= 15 is 0 Å². The molecule has 2 amide bonds. The molecule has 0 aliphatic carbocycles. The van der Waals surface area contributed by atoms with E-state index in [0.29, 0.717) is 27.7 Å². The predicted molar refractivity (Wildman–Crippen MR) is 118 cm³/mol. The second kappa shape index (κ2) is 8.68. The summed E-state index contributed by atoms with van der Waals surface area (Å²) in [5.74, 6) is 0.175. The molecule has 0 aliphatic heterocycles. The van der Waals surface area contributed by atoms with Crippen LogP contribution in [0.4, 0.5) is 11.4 Å². The van der Waals surface area contributed by atoms with Gasteiger partial charge in [-0.1, -0.05) is 41.9 Å². The van der Waals surface area contributed by atoms with E-state index < -0.39 is 0 Å². The normalized spacial score (nSPS) is 10.4. The first-order valence-corrected chi connectivity index (χ1v) is 9.60. The number of hydrogen-bond donors (Lipinski definition) is 2. The Morgan fingerprint density at radius 2 is 1.37 bits per heavy atom. The van der Waals surface area contributed by atoms with Gasteiger partial charge in [-0.2, -0.15) is 0 Å². The van der Waals surface area contributed by atoms with Gasteiger partial charge in [0.1, 0.15) is 5.76 Å². The van der Waals surface area contributed by atoms with E-state index in [2.05, 4.69) is 10.6 Å². The van der Waals surface area contributed by atoms with Crippen LogP contribution >= 0.6 is 11.6 Å². The molecule has 0 saturated carbocycles. The third-order valence-electron chi connectivity index (χ3n) is 4.38. The first kappa shape index (κ1) is 19.5. The Hall–Kier alpha value is -3.83. The van der Waals surface area contributed by atoms with Crippen LogP contribution in [0.5, 0.6) is 0 Å². The molecule has 0 fully saturated rings. The summed E-state index contributed by atoms with van der Waals surface area (Å²) < 4.78 is 5.66. The fourth-order valence-corrected chi connectivity index (χ4v) is 3.07. The predicted octanol–water partition coefficient (Wildman–Crippen LogP) is 6.10. The fourth-order valence-electron chi connectivity index (χ4n) is 2.88. The average molecular weight is 417 g/mol. The molecule has 1 aromatic heterocycles. The Labute approximate surface area is 178 Å². The van der Waals surface area contributed by atoms with Crippen LogP contribution < -0.4 is 10.6 Å². The Bertz CT molecular complexity index is 1180. The topological polar surface area (TPSA) is 71.3 Å². The second-order valence-electron chi connectivity index (χ2n) is 6.53. The summed E-state index contributed by atoms with van der Waals surface area (Å²) in [6.45, 7) is 0. The van der Waals surface area contributed by atoms with Crippen molar-refractivity contribution < 1.29 is 14.0 Å². The summed E-state index contributed by atoms with van der Waals surface area (Å²) >= 11 is 6.00. The number of anilines is 2. The number of amides is 2. The molecule has 0 saturated heterocycles. The van der Waals surface area contributed by atoms with Crippen molar-refractivity contribution in [2.24, 2.45) is 0 Å². The lowest BCUT2D eigenvalue weighted by Crippen LogP contribution is -2.12. The molecule has 4 aromatic rings. The van der Waals surface area contributed by atoms with Crippen molar-refractivity contribution in [3.8, 4) is 11.3 Å². The van der Waals surface area contributed by atoms with Crippen molar-refractivity contribution in [3.05, 3.63) is 107 Å². The van der Waals surface area contributed by atoms with Crippen LogP contribution in [-0.2, 0) is 0 Å². The number of carbonyl (C=O) groups excluding carboxylic acids is 2. The van der Waals surface area contributed by atoms with Gasteiger partial charge >= 0.3 is 0 Å². The first-order chi connectivity index (χ1) is 14.6. The van der Waals surface area contributed by atoms with Gasteiger partial charge < -0.3 is 15.1 Å². The summed E-state index contributed by atoms with van der Waals surface area (Å²) in [6.07, 6.45) is 0. The maximum Gasteiger partial charge on any atom is 0.291 e. The molecule has 1 heterocycles. The van der Waals surface area contributed by atoms with E-state index in [4.69, 9.17) is 16.0 Å². The first-order valence-electron chi connectivity index (χ1n) is 9.22. The number of hydrogen-bond acceptors (Lipinski definition) is 3. The minimum Gasteiger partial charge on any atom is -0.451 e. The van der Waals surface area contributed by atoms with E-state index in [0.717, 1.165) is 5.56 Å². The lowest BCUT2D eigenvalue weighted by Gasteiger charge is -2.07. The van der Waals surface area contributed by atoms with Crippen molar-refractivity contribution in [3.63, 3.8) is 0 Å². The lowest BCUT2D eigenvalue weighted by atomic mass is 10.2. The zero-order chi connectivity index (χ0) is 20.9. The summed E-state index contributed by atoms with van der Waals surface area (Å²) in [6, 6.07) is 26.3. The van der Waals surface area contributed by atoms with Crippen molar-refractivity contribution in [2.75, 3.05) is 10.6 Å². The van der Waals surface area contributed by atoms with Gasteiger partial charge in [0.25, 0.3) is 11.8 Å². The van der Waals surface area contributed by atoms with Gasteiger partial charge in [-0.05, 0) is 60.7 Å². The zero-order valence-corrected chi connectivity index (χ0v) is 16.5. The van der Waals surface area contributed by atoms with E-state index in [9.17, 15) is 9.59 Å². The van der Waals surface area contributed by atoms with E-state index in [1.165, 1.54) is 0 Å². The third kappa shape index (κ3) is 4.59. The second-order valence-corrected chi connectivity index (χ2v) is 6.96. The number of halogens is 1. The Balaban J connectivity index is 1.40. The number of benzene rings is 3. The monoisotopic (exact) mass is 416 g/mol. The maximum atomic E-state index is 12.5. The molecule has 5 nitrogen and oxygen atoms in total. The molecule has 6 heteroatoms. The highest BCUT2D eigenvalue weighted by atomic mass is 35.5. The van der Waals surface area contributed by atoms with Gasteiger partial charge in [0.05, 0.1) is 0 Å². The highest BCUT2D eigenvalue weighted by Crippen LogP contribution is 2.25. The summed E-state index contributed by atoms with van der Waals surface area (Å²) in [7, 11) is 0. The SMILES string of the molecule is O=C(Nc1ccc(NC(=O)c2ccc(-c3cccc(Cl)c3)o2)cc1)c1ccccc1. The van der Waals surface area contributed by atoms with Gasteiger partial charge in [0.2, 0.25) is 0 Å². The summed E-state index contributed by atoms with van der Waals surface area (Å²) in [5, 5.41) is 6.18. The standard InChI is InChI=1S/C24H17ClN2O3/c25-18-8-4-7-17(15-18)21-13-14-22(30-21)24(29)27-20-11-9-19(10-12-20)26-23(28)16-5-2-1-3-6-16/h1-15H,(H,26,28)(H,27,29). The molecule has 148 valence electrons. The number of furan rings is 1. The molecule has 4 rings (SSSR count). The molecule has 0 aliphatic rings. The van der Waals surface area contributed by atoms with Crippen LogP contribution in [0.3, 0.4) is 0 Å². The van der Waals surface area contributed by atoms with Crippen LogP contribution in [0, 0.1) is 0 Å². The van der Waals surface area contributed by atoms with Gasteiger partial charge in [0.15, 0.2) is 5.76 Å². The lowest BCUT2D eigenvalue weighted by molar-refractivity contribution is 0.0995. The van der Waals surface area contributed by atoms with Crippen molar-refractivity contribution in [2.45, 2.75) is 0 Å². The highest BCUT2D eigenvalue weighted by Gasteiger charge is 2.13. The molecule has 0 spiro atoms. The quantitative estimate of drug-likeness (QED) is 0.412. The molecule has 0 atom stereocenters. The Morgan fingerprint density at radius 1 is 0.700 bits per heavy atom. The molecular formula is C24H17ClN2O3. The van der Waals surface area contributed by atoms with E-state index in [1.54, 1.807) is 72.8 Å². The van der Waals surface area contributed by atoms with Gasteiger partial charge in [-0.15, -0.1) is 0 Å². The van der Waals surface area contributed by atoms with Crippen LogP contribution in [0.2, 0.25) is 5.02 Å². The Kier molecular flexibility index (Phi) is 5.63. The summed E-state index contributed by atoms with van der Waals surface area (Å²) in [4.78, 5) is 24.7. The van der Waals surface area contributed by atoms with Crippen molar-refractivity contribution in [1.29, 1.82) is 0 Å². The van der Waals surface area contributed by atoms with Crippen LogP contribution in [0.1, 0.15) is 20.9 Å². The fraction of sp³-hybridized carbons (Fsp3) is 0. The molecule has 2 N–H and O–H groups in total. The number of nitrogens with one attached hydrogen (secondary N) is 2. The van der Waals surface area contributed by atoms with Crippen LogP contribution in [0.25, 0.3) is 11.3 Å². The van der Waals surface area contributed by atoms with E-state index in [1.807, 2.05) is 18.2 Å². The highest BCUT2D eigenvalue weighted by molar-refractivity contribution is 6.30. The smallest absolute Gasteiger partial charge is 0.291 e. The molecule has 0 unspecified atom stereocenters. The van der Waals surface area contributed by atoms with Gasteiger partial charge in [-0.3, -0.25) is 9.59 Å². The van der Waals surface area contributed by atoms with Gasteiger partial charge in [0, 0.05) is 27.5 Å². The van der Waals surface area contributed by atoms with E-state index in [-0.39, 0.29) is 17.6 Å². The largest absolute Gasteiger partial charge is 0.451 e. The molecule has 3 aromatic carbocycles. The number of carbonyl (C=O) groups is 2. The maximum absolute atomic E-state index is 12.5. The molecule has 0 bridgehead atoms. The Morgan fingerprint density at radius 3 is 2.03 bits per heavy atom. The van der Waals surface area contributed by atoms with Gasteiger partial charge in [-0.25, -0.2) is 0 Å². The summed E-state index contributed by atoms with van der Waals surface area (Å²) in [5.41, 5.74) is 2.57. The zero-order valence-electron chi connectivity index (χ0n) is 15.8. The minimum absolute atomic E-state index is 0.187. The number of rotatable bonds is 5. The van der Waals surface area contributed by atoms with Crippen molar-refractivity contribution in [1.82, 2.24) is 0 Å². The van der Waals surface area contributed by atoms with Crippen LogP contribution in [0.15, 0.2) is 95.4 Å². The minimum atomic E-state index is -0.371. The van der Waals surface area contributed by atoms with Crippen molar-refractivity contribution >= 4 is 34.8 Å². The average Bonchev–Trinajstić information content (AvgIpc) is 3.26. The third-order valence-corrected chi connectivity index (χ3v) is 4.61. The molecule has 0 radical (unpaired) electrons. The van der Waals surface area contributed by atoms with Crippen LogP contribution in [-0.4, -0.2) is 11.8 Å². The molecular weight excluding hydrogens is 400 g/mol.